The number of rotatable bonds is 8. The largest absolute Gasteiger partial charge is 0.481 e. The highest BCUT2D eigenvalue weighted by Gasteiger charge is 2.33. The molecule has 2 aromatic rings. The first-order chi connectivity index (χ1) is 15.1. The lowest BCUT2D eigenvalue weighted by molar-refractivity contribution is 0.175. The average Bonchev–Trinajstić information content (AvgIpc) is 3.15. The molecule has 8 heteroatoms. The van der Waals surface area contributed by atoms with Crippen LogP contribution >= 0.6 is 0 Å². The van der Waals surface area contributed by atoms with E-state index in [0.29, 0.717) is 18.8 Å². The number of aliphatic hydroxyl groups is 1. The summed E-state index contributed by atoms with van der Waals surface area (Å²) in [6, 6.07) is 8.09. The van der Waals surface area contributed by atoms with Gasteiger partial charge in [-0.3, -0.25) is 0 Å². The van der Waals surface area contributed by atoms with Crippen LogP contribution in [0.2, 0.25) is 0 Å². The van der Waals surface area contributed by atoms with E-state index < -0.39 is 6.23 Å². The van der Waals surface area contributed by atoms with E-state index in [0.717, 1.165) is 61.4 Å². The molecule has 0 aromatic carbocycles. The molecule has 166 valence electrons. The van der Waals surface area contributed by atoms with E-state index in [4.69, 9.17) is 4.74 Å². The molecule has 1 fully saturated rings. The Morgan fingerprint density at radius 2 is 2.16 bits per heavy atom. The molecular weight excluding hydrogens is 394 g/mol. The average molecular weight is 426 g/mol. The summed E-state index contributed by atoms with van der Waals surface area (Å²) in [4.78, 5) is 25.9. The van der Waals surface area contributed by atoms with Crippen LogP contribution < -0.4 is 10.1 Å². The van der Waals surface area contributed by atoms with E-state index >= 15 is 0 Å². The van der Waals surface area contributed by atoms with E-state index in [1.54, 1.807) is 13.3 Å². The summed E-state index contributed by atoms with van der Waals surface area (Å²) in [6.07, 6.45) is 5.34. The quantitative estimate of drug-likeness (QED) is 0.676. The van der Waals surface area contributed by atoms with Crippen molar-refractivity contribution in [3.05, 3.63) is 47.3 Å². The van der Waals surface area contributed by atoms with Crippen molar-refractivity contribution >= 4 is 11.8 Å². The zero-order valence-electron chi connectivity index (χ0n) is 18.3. The van der Waals surface area contributed by atoms with Crippen molar-refractivity contribution in [1.29, 1.82) is 0 Å². The SMILES string of the molecule is CCC(c1ccc(OC)nc1)N1CCN(CCCc2ccc3c(n2)NC(O)CC3)C1=O. The molecule has 31 heavy (non-hydrogen) atoms. The third-order valence-corrected chi connectivity index (χ3v) is 6.13. The number of pyridine rings is 2. The molecule has 2 amide bonds. The van der Waals surface area contributed by atoms with Crippen molar-refractivity contribution in [1.82, 2.24) is 19.8 Å². The van der Waals surface area contributed by atoms with Gasteiger partial charge in [0.05, 0.1) is 13.2 Å². The predicted octanol–water partition coefficient (Wildman–Crippen LogP) is 2.98. The number of carbonyl (C=O) groups excluding carboxylic acids is 1. The number of carbonyl (C=O) groups is 1. The summed E-state index contributed by atoms with van der Waals surface area (Å²) in [6.45, 7) is 4.27. The van der Waals surface area contributed by atoms with Crippen molar-refractivity contribution < 1.29 is 14.6 Å². The third-order valence-electron chi connectivity index (χ3n) is 6.13. The number of aliphatic hydroxyl groups excluding tert-OH is 1. The van der Waals surface area contributed by atoms with E-state index in [1.807, 2.05) is 21.9 Å². The Bertz CT molecular complexity index is 905. The first kappa shape index (κ1) is 21.4. The fraction of sp³-hybridized carbons (Fsp3) is 0.522. The van der Waals surface area contributed by atoms with Crippen LogP contribution in [0.3, 0.4) is 0 Å². The first-order valence-electron chi connectivity index (χ1n) is 11.1. The van der Waals surface area contributed by atoms with Crippen LogP contribution in [0.5, 0.6) is 5.88 Å². The van der Waals surface area contributed by atoms with Crippen molar-refractivity contribution in [3.8, 4) is 5.88 Å². The molecule has 0 saturated carbocycles. The lowest BCUT2D eigenvalue weighted by Crippen LogP contribution is -2.35. The van der Waals surface area contributed by atoms with Gasteiger partial charge in [0.1, 0.15) is 12.0 Å². The van der Waals surface area contributed by atoms with Crippen LogP contribution in [0, 0.1) is 0 Å². The zero-order valence-corrected chi connectivity index (χ0v) is 18.3. The van der Waals surface area contributed by atoms with E-state index in [-0.39, 0.29) is 12.1 Å². The van der Waals surface area contributed by atoms with Gasteiger partial charge in [-0.15, -0.1) is 0 Å². The second kappa shape index (κ2) is 9.51. The summed E-state index contributed by atoms with van der Waals surface area (Å²) in [5.41, 5.74) is 3.17. The number of anilines is 1. The molecule has 0 aliphatic carbocycles. The Labute approximate surface area is 183 Å². The highest BCUT2D eigenvalue weighted by molar-refractivity contribution is 5.77. The van der Waals surface area contributed by atoms with Gasteiger partial charge in [0.15, 0.2) is 0 Å². The van der Waals surface area contributed by atoms with Crippen LogP contribution in [-0.4, -0.2) is 63.9 Å². The molecule has 0 spiro atoms. The van der Waals surface area contributed by atoms with Crippen LogP contribution in [0.1, 0.15) is 49.0 Å². The maximum Gasteiger partial charge on any atom is 0.320 e. The minimum atomic E-state index is -0.518. The van der Waals surface area contributed by atoms with Gasteiger partial charge in [0, 0.05) is 37.6 Å². The molecule has 8 nitrogen and oxygen atoms in total. The normalized spacial score (nSPS) is 19.2. The summed E-state index contributed by atoms with van der Waals surface area (Å²) >= 11 is 0. The number of nitrogens with zero attached hydrogens (tertiary/aromatic N) is 4. The topological polar surface area (TPSA) is 90.8 Å². The standard InChI is InChI=1S/C23H31N5O3/c1-3-19(17-8-11-21(31-2)24-15-17)28-14-13-27(23(28)30)12-4-5-18-9-6-16-7-10-20(29)26-22(16)25-18/h6,8-9,11,15,19-20,29H,3-5,7,10,12-14H2,1-2H3,(H,25,26). The highest BCUT2D eigenvalue weighted by atomic mass is 16.5. The number of aryl methyl sites for hydroxylation is 2. The zero-order chi connectivity index (χ0) is 21.8. The molecule has 2 N–H and O–H groups in total. The molecule has 0 radical (unpaired) electrons. The Kier molecular flexibility index (Phi) is 6.56. The monoisotopic (exact) mass is 425 g/mol. The maximum atomic E-state index is 13.0. The van der Waals surface area contributed by atoms with Gasteiger partial charge < -0.3 is 25.0 Å². The molecule has 2 aliphatic rings. The summed E-state index contributed by atoms with van der Waals surface area (Å²) in [5.74, 6) is 1.37. The van der Waals surface area contributed by atoms with E-state index in [9.17, 15) is 9.90 Å². The first-order valence-corrected chi connectivity index (χ1v) is 11.1. The molecule has 0 bridgehead atoms. The van der Waals surface area contributed by atoms with Gasteiger partial charge >= 0.3 is 6.03 Å². The third kappa shape index (κ3) is 4.74. The lowest BCUT2D eigenvalue weighted by atomic mass is 10.0. The number of aromatic nitrogens is 2. The van der Waals surface area contributed by atoms with E-state index in [2.05, 4.69) is 34.3 Å². The van der Waals surface area contributed by atoms with Crippen LogP contribution in [0.15, 0.2) is 30.5 Å². The van der Waals surface area contributed by atoms with E-state index in [1.165, 1.54) is 0 Å². The van der Waals surface area contributed by atoms with Crippen LogP contribution in [0.25, 0.3) is 0 Å². The molecule has 2 aliphatic heterocycles. The Morgan fingerprint density at radius 3 is 2.90 bits per heavy atom. The molecule has 2 atom stereocenters. The second-order valence-corrected chi connectivity index (χ2v) is 8.13. The summed E-state index contributed by atoms with van der Waals surface area (Å²) in [7, 11) is 1.60. The van der Waals surface area contributed by atoms with Gasteiger partial charge in [-0.25, -0.2) is 14.8 Å². The van der Waals surface area contributed by atoms with Crippen molar-refractivity contribution in [2.75, 3.05) is 32.1 Å². The number of urea groups is 1. The Hall–Kier alpha value is -2.87. The predicted molar refractivity (Wildman–Crippen MR) is 118 cm³/mol. The molecule has 4 rings (SSSR count). The fourth-order valence-electron chi connectivity index (χ4n) is 4.41. The summed E-state index contributed by atoms with van der Waals surface area (Å²) < 4.78 is 5.14. The number of methoxy groups -OCH3 is 1. The van der Waals surface area contributed by atoms with Crippen molar-refractivity contribution in [2.45, 2.75) is 51.3 Å². The van der Waals surface area contributed by atoms with Gasteiger partial charge in [0.2, 0.25) is 5.88 Å². The molecule has 4 heterocycles. The maximum absolute atomic E-state index is 13.0. The number of ether oxygens (including phenoxy) is 1. The van der Waals surface area contributed by atoms with Crippen LogP contribution in [-0.2, 0) is 12.8 Å². The van der Waals surface area contributed by atoms with Gasteiger partial charge in [-0.2, -0.15) is 0 Å². The Morgan fingerprint density at radius 1 is 1.29 bits per heavy atom. The second-order valence-electron chi connectivity index (χ2n) is 8.13. The molecule has 2 unspecified atom stereocenters. The van der Waals surface area contributed by atoms with Gasteiger partial charge in [-0.05, 0) is 49.3 Å². The van der Waals surface area contributed by atoms with Gasteiger partial charge in [0.25, 0.3) is 0 Å². The molecule has 2 aromatic heterocycles. The fourth-order valence-corrected chi connectivity index (χ4v) is 4.41. The number of amides is 2. The Balaban J connectivity index is 1.32. The van der Waals surface area contributed by atoms with Crippen molar-refractivity contribution in [3.63, 3.8) is 0 Å². The number of hydrogen-bond donors (Lipinski definition) is 2. The lowest BCUT2D eigenvalue weighted by Gasteiger charge is -2.27. The highest BCUT2D eigenvalue weighted by Crippen LogP contribution is 2.28. The van der Waals surface area contributed by atoms with Crippen molar-refractivity contribution in [2.24, 2.45) is 0 Å². The molecular formula is C23H31N5O3. The molecule has 1 saturated heterocycles. The smallest absolute Gasteiger partial charge is 0.320 e. The number of hydrogen-bond acceptors (Lipinski definition) is 6. The number of fused-ring (bicyclic) bond motifs is 1. The summed E-state index contributed by atoms with van der Waals surface area (Å²) in [5, 5.41) is 12.8. The van der Waals surface area contributed by atoms with Crippen LogP contribution in [0.4, 0.5) is 10.6 Å². The minimum Gasteiger partial charge on any atom is -0.481 e. The van der Waals surface area contributed by atoms with Gasteiger partial charge in [-0.1, -0.05) is 19.1 Å². The minimum absolute atomic E-state index is 0.0238. The number of nitrogens with one attached hydrogen (secondary N) is 1.